The van der Waals surface area contributed by atoms with Gasteiger partial charge in [0.2, 0.25) is 5.91 Å². The van der Waals surface area contributed by atoms with E-state index >= 15 is 0 Å². The molecule has 0 radical (unpaired) electrons. The number of aryl methyl sites for hydroxylation is 1. The number of hydrogen-bond acceptors (Lipinski definition) is 5. The Labute approximate surface area is 148 Å². The quantitative estimate of drug-likeness (QED) is 0.481. The summed E-state index contributed by atoms with van der Waals surface area (Å²) in [5, 5.41) is 2.97. The van der Waals surface area contributed by atoms with Crippen molar-refractivity contribution in [2.75, 3.05) is 5.32 Å². The molecule has 0 saturated heterocycles. The molecule has 2 heterocycles. The number of fused-ring (bicyclic) bond motifs is 1. The highest BCUT2D eigenvalue weighted by atomic mass is 32.2. The third kappa shape index (κ3) is 3.58. The minimum Gasteiger partial charge on any atom is -0.339 e. The van der Waals surface area contributed by atoms with E-state index < -0.39 is 0 Å². The van der Waals surface area contributed by atoms with E-state index in [0.717, 1.165) is 16.8 Å². The number of rotatable bonds is 5. The van der Waals surface area contributed by atoms with E-state index in [1.54, 1.807) is 0 Å². The van der Waals surface area contributed by atoms with Crippen molar-refractivity contribution in [2.45, 2.75) is 37.6 Å². The van der Waals surface area contributed by atoms with Crippen molar-refractivity contribution in [1.82, 2.24) is 19.9 Å². The number of aromatic nitrogens is 4. The molecule has 1 atom stereocenters. The van der Waals surface area contributed by atoms with E-state index in [-0.39, 0.29) is 16.7 Å². The van der Waals surface area contributed by atoms with Crippen LogP contribution in [0.15, 0.2) is 34.5 Å². The summed E-state index contributed by atoms with van der Waals surface area (Å²) in [6.45, 7) is 5.90. The number of anilines is 1. The van der Waals surface area contributed by atoms with E-state index in [9.17, 15) is 9.59 Å². The lowest BCUT2D eigenvalue weighted by Crippen LogP contribution is -2.25. The molecule has 0 aliphatic rings. The lowest BCUT2D eigenvalue weighted by Gasteiger charge is -2.16. The maximum absolute atomic E-state index is 12.6. The molecule has 0 unspecified atom stereocenters. The second-order valence-electron chi connectivity index (χ2n) is 5.72. The number of nitrogens with zero attached hydrogens (tertiary/aromatic N) is 2. The van der Waals surface area contributed by atoms with Gasteiger partial charge < -0.3 is 10.3 Å². The summed E-state index contributed by atoms with van der Waals surface area (Å²) in [6, 6.07) is 5.80. The van der Waals surface area contributed by atoms with Gasteiger partial charge in [0.25, 0.3) is 5.56 Å². The molecule has 0 bridgehead atoms. The number of hydrogen-bond donors (Lipinski definition) is 3. The van der Waals surface area contributed by atoms with Crippen molar-refractivity contribution in [2.24, 2.45) is 0 Å². The van der Waals surface area contributed by atoms with Crippen molar-refractivity contribution in [1.29, 1.82) is 0 Å². The molecule has 0 aliphatic carbocycles. The van der Waals surface area contributed by atoms with E-state index in [0.29, 0.717) is 22.7 Å². The molecule has 130 valence electrons. The highest BCUT2D eigenvalue weighted by molar-refractivity contribution is 8.00. The summed E-state index contributed by atoms with van der Waals surface area (Å²) in [7, 11) is 0. The molecule has 3 rings (SSSR count). The van der Waals surface area contributed by atoms with E-state index in [4.69, 9.17) is 0 Å². The third-order valence-electron chi connectivity index (χ3n) is 4.05. The van der Waals surface area contributed by atoms with Crippen molar-refractivity contribution < 1.29 is 4.79 Å². The minimum atomic E-state index is -0.376. The molecular formula is C17H19N5O2S. The summed E-state index contributed by atoms with van der Waals surface area (Å²) < 4.78 is 0. The summed E-state index contributed by atoms with van der Waals surface area (Å²) >= 11 is 1.23. The Morgan fingerprint density at radius 2 is 2.16 bits per heavy atom. The van der Waals surface area contributed by atoms with Crippen LogP contribution in [0.25, 0.3) is 11.2 Å². The normalized spacial score (nSPS) is 12.3. The van der Waals surface area contributed by atoms with Crippen LogP contribution in [0.2, 0.25) is 0 Å². The van der Waals surface area contributed by atoms with Gasteiger partial charge >= 0.3 is 0 Å². The smallest absolute Gasteiger partial charge is 0.277 e. The molecule has 0 fully saturated rings. The molecule has 2 aromatic heterocycles. The second kappa shape index (κ2) is 7.10. The highest BCUT2D eigenvalue weighted by Gasteiger charge is 2.21. The van der Waals surface area contributed by atoms with Gasteiger partial charge in [0.05, 0.1) is 11.6 Å². The van der Waals surface area contributed by atoms with Crippen LogP contribution in [0.3, 0.4) is 0 Å². The standard InChI is InChI=1S/C17H19N5O2S/c1-4-12(15(23)20-11-7-5-6-9(2)10(11)3)25-17-21-14-13(16(24)22-17)18-8-19-14/h5-8,12H,4H2,1-3H3,(H,20,23)(H2,18,19,21,22,24)/t12-/m0/s1. The van der Waals surface area contributed by atoms with Crippen molar-refractivity contribution in [3.8, 4) is 0 Å². The van der Waals surface area contributed by atoms with Crippen LogP contribution >= 0.6 is 11.8 Å². The largest absolute Gasteiger partial charge is 0.339 e. The first-order chi connectivity index (χ1) is 12.0. The number of amides is 1. The lowest BCUT2D eigenvalue weighted by atomic mass is 10.1. The van der Waals surface area contributed by atoms with Gasteiger partial charge in [0.1, 0.15) is 0 Å². The zero-order chi connectivity index (χ0) is 18.0. The fraction of sp³-hybridized carbons (Fsp3) is 0.294. The first-order valence-electron chi connectivity index (χ1n) is 7.96. The predicted octanol–water partition coefficient (Wildman–Crippen LogP) is 2.77. The zero-order valence-corrected chi connectivity index (χ0v) is 15.0. The Bertz CT molecular complexity index is 979. The van der Waals surface area contributed by atoms with Crippen LogP contribution in [0.5, 0.6) is 0 Å². The SMILES string of the molecule is CC[C@H](Sc1nc2nc[nH]c2c(=O)[nH]1)C(=O)Nc1cccc(C)c1C. The molecule has 3 N–H and O–H groups in total. The molecule has 1 aromatic carbocycles. The maximum Gasteiger partial charge on any atom is 0.277 e. The van der Waals surface area contributed by atoms with E-state index in [2.05, 4.69) is 25.3 Å². The van der Waals surface area contributed by atoms with E-state index in [1.165, 1.54) is 18.1 Å². The molecule has 0 aliphatic heterocycles. The first kappa shape index (κ1) is 17.2. The predicted molar refractivity (Wildman–Crippen MR) is 99.0 cm³/mol. The van der Waals surface area contributed by atoms with Crippen LogP contribution in [0, 0.1) is 13.8 Å². The van der Waals surface area contributed by atoms with Crippen molar-refractivity contribution >= 4 is 34.5 Å². The topological polar surface area (TPSA) is 104 Å². The molecule has 8 heteroatoms. The summed E-state index contributed by atoms with van der Waals surface area (Å²) in [6.07, 6.45) is 2.02. The van der Waals surface area contributed by atoms with Gasteiger partial charge in [-0.3, -0.25) is 14.6 Å². The van der Waals surface area contributed by atoms with Gasteiger partial charge in [-0.25, -0.2) is 9.97 Å². The number of carbonyl (C=O) groups is 1. The van der Waals surface area contributed by atoms with Crippen LogP contribution in [-0.2, 0) is 4.79 Å². The third-order valence-corrected chi connectivity index (χ3v) is 5.30. The summed E-state index contributed by atoms with van der Waals surface area (Å²) in [4.78, 5) is 38.4. The van der Waals surface area contributed by atoms with E-state index in [1.807, 2.05) is 39.0 Å². The van der Waals surface area contributed by atoms with Gasteiger partial charge in [-0.1, -0.05) is 30.8 Å². The Kier molecular flexibility index (Phi) is 4.89. The Morgan fingerprint density at radius 3 is 2.92 bits per heavy atom. The van der Waals surface area contributed by atoms with Gasteiger partial charge in [-0.15, -0.1) is 0 Å². The average molecular weight is 357 g/mol. The monoisotopic (exact) mass is 357 g/mol. The zero-order valence-electron chi connectivity index (χ0n) is 14.2. The molecule has 0 spiro atoms. The number of thioether (sulfide) groups is 1. The van der Waals surface area contributed by atoms with Crippen molar-refractivity contribution in [3.63, 3.8) is 0 Å². The summed E-state index contributed by atoms with van der Waals surface area (Å²) in [5.41, 5.74) is 3.34. The van der Waals surface area contributed by atoms with Crippen LogP contribution < -0.4 is 10.9 Å². The fourth-order valence-corrected chi connectivity index (χ4v) is 3.33. The Hall–Kier alpha value is -2.61. The molecule has 3 aromatic rings. The molecule has 1 amide bonds. The fourth-order valence-electron chi connectivity index (χ4n) is 2.44. The number of imidazole rings is 1. The van der Waals surface area contributed by atoms with Gasteiger partial charge in [0.15, 0.2) is 16.3 Å². The maximum atomic E-state index is 12.6. The summed E-state index contributed by atoms with van der Waals surface area (Å²) in [5.74, 6) is -0.119. The molecule has 7 nitrogen and oxygen atoms in total. The number of benzene rings is 1. The van der Waals surface area contributed by atoms with Crippen molar-refractivity contribution in [3.05, 3.63) is 46.0 Å². The van der Waals surface area contributed by atoms with Gasteiger partial charge in [-0.05, 0) is 37.5 Å². The van der Waals surface area contributed by atoms with Crippen LogP contribution in [0.4, 0.5) is 5.69 Å². The second-order valence-corrected chi connectivity index (χ2v) is 6.92. The highest BCUT2D eigenvalue weighted by Crippen LogP contribution is 2.25. The number of H-pyrrole nitrogens is 2. The van der Waals surface area contributed by atoms with Crippen LogP contribution in [0.1, 0.15) is 24.5 Å². The first-order valence-corrected chi connectivity index (χ1v) is 8.84. The average Bonchev–Trinajstić information content (AvgIpc) is 3.06. The van der Waals surface area contributed by atoms with Crippen LogP contribution in [-0.4, -0.2) is 31.1 Å². The number of nitrogens with one attached hydrogen (secondary N) is 3. The van der Waals surface area contributed by atoms with Gasteiger partial charge in [-0.2, -0.15) is 0 Å². The molecular weight excluding hydrogens is 338 g/mol. The van der Waals surface area contributed by atoms with Gasteiger partial charge in [0, 0.05) is 5.69 Å². The molecule has 0 saturated carbocycles. The number of carbonyl (C=O) groups excluding carboxylic acids is 1. The Morgan fingerprint density at radius 1 is 1.36 bits per heavy atom. The Balaban J connectivity index is 1.80. The lowest BCUT2D eigenvalue weighted by molar-refractivity contribution is -0.115. The number of aromatic amines is 2. The molecule has 25 heavy (non-hydrogen) atoms. The minimum absolute atomic E-state index is 0.119.